The zero-order chi connectivity index (χ0) is 24.4. The van der Waals surface area contributed by atoms with Crippen LogP contribution in [0.3, 0.4) is 0 Å². The first-order chi connectivity index (χ1) is 15.1. The number of unbranched alkanes of at least 4 members (excludes halogenated alkanes) is 9. The zero-order valence-corrected chi connectivity index (χ0v) is 24.2. The number of carbonyl (C=O) groups is 2. The van der Waals surface area contributed by atoms with Crippen molar-refractivity contribution in [1.29, 1.82) is 0 Å². The van der Waals surface area contributed by atoms with Gasteiger partial charge in [-0.05, 0) is 25.2 Å². The molecule has 0 aromatic rings. The van der Waals surface area contributed by atoms with Crippen molar-refractivity contribution in [3.8, 4) is 0 Å². The Balaban J connectivity index is 0. The number of carboxylic acid groups (broad SMARTS) is 1. The number of carbonyl (C=O) groups excluding carboxylic acids is 2. The minimum Gasteiger partial charge on any atom is -0.550 e. The largest absolute Gasteiger partial charge is 1.00 e. The maximum Gasteiger partial charge on any atom is 1.00 e. The van der Waals surface area contributed by atoms with Crippen LogP contribution in [0.5, 0.6) is 0 Å². The molecule has 3 unspecified atom stereocenters. The van der Waals surface area contributed by atoms with E-state index in [1.165, 1.54) is 38.5 Å². The fourth-order valence-corrected chi connectivity index (χ4v) is 4.61. The van der Waals surface area contributed by atoms with Gasteiger partial charge in [-0.3, -0.25) is 9.35 Å². The predicted octanol–water partition coefficient (Wildman–Crippen LogP) is 1.83. The second-order valence-corrected chi connectivity index (χ2v) is 10.5. The van der Waals surface area contributed by atoms with E-state index in [1.807, 2.05) is 0 Å². The van der Waals surface area contributed by atoms with E-state index in [0.717, 1.165) is 44.9 Å². The molecule has 7 nitrogen and oxygen atoms in total. The number of hydrogen-bond donors (Lipinski definition) is 1. The molecule has 1 N–H and O–H groups in total. The summed E-state index contributed by atoms with van der Waals surface area (Å²) < 4.78 is 37.7. The number of rotatable bonds is 21. The number of aliphatic carboxylic acids is 1. The number of esters is 1. The van der Waals surface area contributed by atoms with E-state index in [2.05, 4.69) is 20.8 Å². The topological polar surface area (TPSA) is 121 Å². The van der Waals surface area contributed by atoms with Crippen LogP contribution in [0.25, 0.3) is 0 Å². The van der Waals surface area contributed by atoms with E-state index < -0.39 is 39.8 Å². The second kappa shape index (κ2) is 21.2. The third-order valence-corrected chi connectivity index (χ3v) is 7.10. The molecule has 0 saturated carbocycles. The molecular weight excluding hydrogens is 455 g/mol. The quantitative estimate of drug-likeness (QED) is 0.110. The van der Waals surface area contributed by atoms with Gasteiger partial charge in [-0.25, -0.2) is 0 Å². The van der Waals surface area contributed by atoms with Crippen LogP contribution in [0, 0.1) is 5.92 Å². The summed E-state index contributed by atoms with van der Waals surface area (Å²) in [5.41, 5.74) is 0. The van der Waals surface area contributed by atoms with Crippen molar-refractivity contribution in [3.05, 3.63) is 0 Å². The number of carboxylic acids is 1. The molecule has 0 aromatic heterocycles. The predicted molar refractivity (Wildman–Crippen MR) is 125 cm³/mol. The van der Waals surface area contributed by atoms with Gasteiger partial charge in [0.15, 0.2) is 5.25 Å². The average Bonchev–Trinajstić information content (AvgIpc) is 2.72. The molecule has 0 fully saturated rings. The molecule has 0 spiro atoms. The molecule has 0 aromatic carbocycles. The summed E-state index contributed by atoms with van der Waals surface area (Å²) in [5, 5.41) is 8.71. The molecule has 33 heavy (non-hydrogen) atoms. The van der Waals surface area contributed by atoms with Crippen LogP contribution in [0.2, 0.25) is 0 Å². The van der Waals surface area contributed by atoms with Gasteiger partial charge in [0.05, 0.1) is 0 Å². The van der Waals surface area contributed by atoms with E-state index in [1.54, 1.807) is 0 Å². The minimum absolute atomic E-state index is 0. The summed E-state index contributed by atoms with van der Waals surface area (Å²) in [6.07, 6.45) is 14.1. The Morgan fingerprint density at radius 1 is 0.848 bits per heavy atom. The number of hydrogen-bond acceptors (Lipinski definition) is 6. The van der Waals surface area contributed by atoms with E-state index in [-0.39, 0.29) is 29.6 Å². The summed E-state index contributed by atoms with van der Waals surface area (Å²) in [6.45, 7) is 6.39. The second-order valence-electron chi connectivity index (χ2n) is 8.91. The molecule has 0 aliphatic carbocycles. The third-order valence-electron chi connectivity index (χ3n) is 6.03. The van der Waals surface area contributed by atoms with Crippen molar-refractivity contribution in [1.82, 2.24) is 0 Å². The molecule has 3 atom stereocenters. The third kappa shape index (κ3) is 18.8. The first kappa shape index (κ1) is 35.0. The molecule has 0 aliphatic heterocycles. The van der Waals surface area contributed by atoms with E-state index in [9.17, 15) is 27.7 Å². The van der Waals surface area contributed by atoms with Gasteiger partial charge >= 0.3 is 35.5 Å². The monoisotopic (exact) mass is 500 g/mol. The SMILES string of the molecule is CCCCCCCCCCCC(CC(CC)CCCC)OC(=O)C(CC(=O)[O-])S(=O)(=O)O.[Na+]. The Bertz CT molecular complexity index is 610. The molecule has 0 radical (unpaired) electrons. The Morgan fingerprint density at radius 2 is 1.36 bits per heavy atom. The van der Waals surface area contributed by atoms with Gasteiger partial charge in [-0.1, -0.05) is 97.8 Å². The Morgan fingerprint density at radius 3 is 1.82 bits per heavy atom. The van der Waals surface area contributed by atoms with Crippen LogP contribution in [0.1, 0.15) is 124 Å². The van der Waals surface area contributed by atoms with Gasteiger partial charge in [0.2, 0.25) is 0 Å². The Kier molecular flexibility index (Phi) is 22.5. The summed E-state index contributed by atoms with van der Waals surface area (Å²) in [7, 11) is -4.89. The van der Waals surface area contributed by atoms with Crippen molar-refractivity contribution in [2.24, 2.45) is 5.92 Å². The fourth-order valence-electron chi connectivity index (χ4n) is 3.96. The van der Waals surface area contributed by atoms with Crippen LogP contribution in [-0.2, 0) is 24.4 Å². The maximum atomic E-state index is 12.4. The molecule has 0 heterocycles. The number of ether oxygens (including phenoxy) is 1. The maximum absolute atomic E-state index is 12.4. The van der Waals surface area contributed by atoms with Crippen LogP contribution in [0.15, 0.2) is 0 Å². The summed E-state index contributed by atoms with van der Waals surface area (Å²) in [6, 6.07) is 0. The Hall–Kier alpha value is -0.150. The minimum atomic E-state index is -4.89. The van der Waals surface area contributed by atoms with Gasteiger partial charge in [-0.2, -0.15) is 8.42 Å². The van der Waals surface area contributed by atoms with Crippen LogP contribution >= 0.6 is 0 Å². The van der Waals surface area contributed by atoms with Crippen LogP contribution in [0.4, 0.5) is 0 Å². The molecular formula is C24H45NaO7S. The normalized spacial score (nSPS) is 14.2. The molecule has 0 amide bonds. The molecule has 0 aliphatic rings. The fraction of sp³-hybridized carbons (Fsp3) is 0.917. The first-order valence-corrected chi connectivity index (χ1v) is 14.0. The van der Waals surface area contributed by atoms with Crippen LogP contribution in [-0.4, -0.2) is 36.3 Å². The zero-order valence-electron chi connectivity index (χ0n) is 21.4. The van der Waals surface area contributed by atoms with Crippen LogP contribution < -0.4 is 34.7 Å². The van der Waals surface area contributed by atoms with Crippen molar-refractivity contribution in [3.63, 3.8) is 0 Å². The van der Waals surface area contributed by atoms with Crippen molar-refractivity contribution in [2.45, 2.75) is 135 Å². The van der Waals surface area contributed by atoms with E-state index in [4.69, 9.17) is 4.74 Å². The van der Waals surface area contributed by atoms with E-state index >= 15 is 0 Å². The smallest absolute Gasteiger partial charge is 0.550 e. The standard InChI is InChI=1S/C24H46O7S.Na/c1-4-7-9-10-11-12-13-14-15-17-21(18-20(6-3)16-8-5-2)31-24(27)22(19-23(25)26)32(28,29)30;/h20-22H,4-19H2,1-3H3,(H,25,26)(H,28,29,30);/q;+1/p-1. The summed E-state index contributed by atoms with van der Waals surface area (Å²) in [4.78, 5) is 23.3. The van der Waals surface area contributed by atoms with Gasteiger partial charge in [0.1, 0.15) is 6.10 Å². The van der Waals surface area contributed by atoms with Crippen molar-refractivity contribution >= 4 is 22.1 Å². The summed E-state index contributed by atoms with van der Waals surface area (Å²) >= 11 is 0. The van der Waals surface area contributed by atoms with Crippen molar-refractivity contribution in [2.75, 3.05) is 0 Å². The Labute approximate surface area is 223 Å². The molecule has 0 saturated heterocycles. The van der Waals surface area contributed by atoms with Gasteiger partial charge in [0, 0.05) is 12.4 Å². The molecule has 190 valence electrons. The first-order valence-electron chi connectivity index (χ1n) is 12.5. The average molecular weight is 501 g/mol. The van der Waals surface area contributed by atoms with Gasteiger partial charge in [0.25, 0.3) is 10.1 Å². The summed E-state index contributed by atoms with van der Waals surface area (Å²) in [5.74, 6) is -2.59. The van der Waals surface area contributed by atoms with E-state index in [0.29, 0.717) is 18.8 Å². The molecule has 0 rings (SSSR count). The van der Waals surface area contributed by atoms with Gasteiger partial charge in [-0.15, -0.1) is 0 Å². The molecule has 0 bridgehead atoms. The molecule has 9 heteroatoms. The van der Waals surface area contributed by atoms with Gasteiger partial charge < -0.3 is 14.6 Å². The van der Waals surface area contributed by atoms with Crippen molar-refractivity contribution < 1.29 is 62.0 Å².